The Bertz CT molecular complexity index is 378. The maximum absolute atomic E-state index is 6.01. The van der Waals surface area contributed by atoms with E-state index in [0.29, 0.717) is 5.92 Å². The molecule has 0 amide bonds. The van der Waals surface area contributed by atoms with E-state index >= 15 is 0 Å². The first-order valence-electron chi connectivity index (χ1n) is 5.24. The minimum Gasteiger partial charge on any atom is -0.483 e. The van der Waals surface area contributed by atoms with Crippen molar-refractivity contribution in [2.45, 2.75) is 26.4 Å². The summed E-state index contributed by atoms with van der Waals surface area (Å²) in [5, 5.41) is 4.10. The quantitative estimate of drug-likeness (QED) is 0.789. The summed E-state index contributed by atoms with van der Waals surface area (Å²) < 4.78 is 6.01. The number of hydrogen-bond donors (Lipinski definition) is 1. The molecule has 1 heterocycles. The summed E-state index contributed by atoms with van der Waals surface area (Å²) in [6, 6.07) is 5.68. The molecule has 0 saturated carbocycles. The van der Waals surface area contributed by atoms with E-state index < -0.39 is 0 Å². The van der Waals surface area contributed by atoms with E-state index in [2.05, 4.69) is 26.1 Å². The summed E-state index contributed by atoms with van der Waals surface area (Å²) >= 11 is 5.91. The van der Waals surface area contributed by atoms with Crippen molar-refractivity contribution in [1.29, 1.82) is 0 Å². The third-order valence-electron chi connectivity index (χ3n) is 3.14. The third kappa shape index (κ3) is 1.91. The number of halogens is 1. The van der Waals surface area contributed by atoms with Gasteiger partial charge in [-0.25, -0.2) is 0 Å². The smallest absolute Gasteiger partial charge is 0.143 e. The van der Waals surface area contributed by atoms with Gasteiger partial charge in [-0.3, -0.25) is 0 Å². The number of anilines is 1. The number of fused-ring (bicyclic) bond motifs is 1. The van der Waals surface area contributed by atoms with Crippen molar-refractivity contribution in [1.82, 2.24) is 0 Å². The van der Waals surface area contributed by atoms with Crippen LogP contribution in [0.2, 0.25) is 5.02 Å². The van der Waals surface area contributed by atoms with Crippen LogP contribution in [-0.4, -0.2) is 12.1 Å². The standard InChI is InChI=1S/C12H16ClNO/c1-8(2)12(3)7-14-10-6-9(13)4-5-11(10)15-12/h4-6,8,14H,7H2,1-3H3. The molecule has 1 aliphatic heterocycles. The van der Waals surface area contributed by atoms with Gasteiger partial charge in [0, 0.05) is 5.02 Å². The molecular weight excluding hydrogens is 210 g/mol. The Balaban J connectivity index is 2.31. The van der Waals surface area contributed by atoms with Crippen molar-refractivity contribution >= 4 is 17.3 Å². The van der Waals surface area contributed by atoms with E-state index in [9.17, 15) is 0 Å². The average molecular weight is 226 g/mol. The van der Waals surface area contributed by atoms with Gasteiger partial charge in [-0.2, -0.15) is 0 Å². The van der Waals surface area contributed by atoms with Crippen LogP contribution in [0.1, 0.15) is 20.8 Å². The van der Waals surface area contributed by atoms with Gasteiger partial charge in [0.15, 0.2) is 0 Å². The molecule has 1 atom stereocenters. The van der Waals surface area contributed by atoms with Crippen molar-refractivity contribution in [3.8, 4) is 5.75 Å². The van der Waals surface area contributed by atoms with Crippen molar-refractivity contribution < 1.29 is 4.74 Å². The number of benzene rings is 1. The van der Waals surface area contributed by atoms with Crippen LogP contribution in [-0.2, 0) is 0 Å². The van der Waals surface area contributed by atoms with Crippen LogP contribution in [0.5, 0.6) is 5.75 Å². The fourth-order valence-electron chi connectivity index (χ4n) is 1.61. The topological polar surface area (TPSA) is 21.3 Å². The Morgan fingerprint density at radius 2 is 2.20 bits per heavy atom. The first-order chi connectivity index (χ1) is 7.01. The molecule has 82 valence electrons. The second-order valence-corrected chi connectivity index (χ2v) is 5.00. The molecule has 0 radical (unpaired) electrons. The molecule has 1 aromatic carbocycles. The predicted molar refractivity (Wildman–Crippen MR) is 63.8 cm³/mol. The molecule has 0 spiro atoms. The highest BCUT2D eigenvalue weighted by Crippen LogP contribution is 2.37. The largest absolute Gasteiger partial charge is 0.483 e. The molecule has 1 aliphatic rings. The van der Waals surface area contributed by atoms with Crippen LogP contribution in [0, 0.1) is 5.92 Å². The van der Waals surface area contributed by atoms with Gasteiger partial charge in [0.2, 0.25) is 0 Å². The Labute approximate surface area is 95.6 Å². The number of hydrogen-bond acceptors (Lipinski definition) is 2. The Hall–Kier alpha value is -0.890. The number of ether oxygens (including phenoxy) is 1. The predicted octanol–water partition coefficient (Wildman–Crippen LogP) is 3.56. The van der Waals surface area contributed by atoms with E-state index in [-0.39, 0.29) is 5.60 Å². The fraction of sp³-hybridized carbons (Fsp3) is 0.500. The molecule has 0 aliphatic carbocycles. The lowest BCUT2D eigenvalue weighted by Crippen LogP contribution is -2.47. The van der Waals surface area contributed by atoms with Gasteiger partial charge in [-0.1, -0.05) is 25.4 Å². The zero-order valence-corrected chi connectivity index (χ0v) is 10.1. The Kier molecular flexibility index (Phi) is 2.55. The zero-order chi connectivity index (χ0) is 11.1. The lowest BCUT2D eigenvalue weighted by atomic mass is 9.91. The van der Waals surface area contributed by atoms with Crippen molar-refractivity contribution in [2.75, 3.05) is 11.9 Å². The van der Waals surface area contributed by atoms with E-state index in [1.54, 1.807) is 0 Å². The van der Waals surface area contributed by atoms with Crippen LogP contribution in [0.4, 0.5) is 5.69 Å². The van der Waals surface area contributed by atoms with Crippen molar-refractivity contribution in [3.05, 3.63) is 23.2 Å². The second kappa shape index (κ2) is 3.60. The second-order valence-electron chi connectivity index (χ2n) is 4.56. The van der Waals surface area contributed by atoms with Crippen LogP contribution in [0.3, 0.4) is 0 Å². The maximum atomic E-state index is 6.01. The molecule has 2 rings (SSSR count). The molecule has 1 unspecified atom stereocenters. The Morgan fingerprint density at radius 1 is 1.47 bits per heavy atom. The van der Waals surface area contributed by atoms with Gasteiger partial charge in [-0.15, -0.1) is 0 Å². The normalized spacial score (nSPS) is 24.3. The van der Waals surface area contributed by atoms with E-state index in [1.807, 2.05) is 18.2 Å². The van der Waals surface area contributed by atoms with Crippen LogP contribution < -0.4 is 10.1 Å². The summed E-state index contributed by atoms with van der Waals surface area (Å²) in [6.07, 6.45) is 0. The number of nitrogens with one attached hydrogen (secondary N) is 1. The molecular formula is C12H16ClNO. The van der Waals surface area contributed by atoms with E-state index in [4.69, 9.17) is 16.3 Å². The van der Waals surface area contributed by atoms with E-state index in [1.165, 1.54) is 0 Å². The zero-order valence-electron chi connectivity index (χ0n) is 9.30. The molecule has 0 saturated heterocycles. The molecule has 0 aromatic heterocycles. The summed E-state index contributed by atoms with van der Waals surface area (Å²) in [6.45, 7) is 7.28. The monoisotopic (exact) mass is 225 g/mol. The molecule has 1 N–H and O–H groups in total. The highest BCUT2D eigenvalue weighted by molar-refractivity contribution is 6.30. The van der Waals surface area contributed by atoms with Gasteiger partial charge in [-0.05, 0) is 31.0 Å². The molecule has 0 bridgehead atoms. The minimum absolute atomic E-state index is 0.138. The van der Waals surface area contributed by atoms with Crippen LogP contribution >= 0.6 is 11.6 Å². The molecule has 2 nitrogen and oxygen atoms in total. The minimum atomic E-state index is -0.138. The lowest BCUT2D eigenvalue weighted by Gasteiger charge is -2.39. The van der Waals surface area contributed by atoms with Crippen LogP contribution in [0.15, 0.2) is 18.2 Å². The van der Waals surface area contributed by atoms with Gasteiger partial charge < -0.3 is 10.1 Å². The highest BCUT2D eigenvalue weighted by Gasteiger charge is 2.34. The molecule has 1 aromatic rings. The molecule has 15 heavy (non-hydrogen) atoms. The lowest BCUT2D eigenvalue weighted by molar-refractivity contribution is 0.0475. The summed E-state index contributed by atoms with van der Waals surface area (Å²) in [7, 11) is 0. The maximum Gasteiger partial charge on any atom is 0.143 e. The van der Waals surface area contributed by atoms with Gasteiger partial charge in [0.1, 0.15) is 11.4 Å². The average Bonchev–Trinajstić information content (AvgIpc) is 2.18. The third-order valence-corrected chi connectivity index (χ3v) is 3.37. The summed E-state index contributed by atoms with van der Waals surface area (Å²) in [5.41, 5.74) is 0.849. The fourth-order valence-corrected chi connectivity index (χ4v) is 1.78. The molecule has 0 fully saturated rings. The van der Waals surface area contributed by atoms with Crippen LogP contribution in [0.25, 0.3) is 0 Å². The first-order valence-corrected chi connectivity index (χ1v) is 5.61. The van der Waals surface area contributed by atoms with Crippen molar-refractivity contribution in [2.24, 2.45) is 5.92 Å². The van der Waals surface area contributed by atoms with Gasteiger partial charge >= 0.3 is 0 Å². The number of rotatable bonds is 1. The highest BCUT2D eigenvalue weighted by atomic mass is 35.5. The summed E-state index contributed by atoms with van der Waals surface area (Å²) in [4.78, 5) is 0. The Morgan fingerprint density at radius 3 is 2.87 bits per heavy atom. The summed E-state index contributed by atoms with van der Waals surface area (Å²) in [5.74, 6) is 1.36. The van der Waals surface area contributed by atoms with Gasteiger partial charge in [0.05, 0.1) is 12.2 Å². The first kappa shape index (κ1) is 10.6. The SMILES string of the molecule is CC(C)C1(C)CNc2cc(Cl)ccc2O1. The van der Waals surface area contributed by atoms with E-state index in [0.717, 1.165) is 23.0 Å². The van der Waals surface area contributed by atoms with Gasteiger partial charge in [0.25, 0.3) is 0 Å². The van der Waals surface area contributed by atoms with Crippen molar-refractivity contribution in [3.63, 3.8) is 0 Å². The molecule has 3 heteroatoms.